The number of likely N-dealkylation sites (N-methyl/N-ethyl adjacent to an activating group) is 1. The van der Waals surface area contributed by atoms with Crippen LogP contribution >= 0.6 is 7.82 Å². The number of quaternary nitrogens is 1. The maximum absolute atomic E-state index is 13.4. The molecule has 0 aromatic heterocycles. The van der Waals surface area contributed by atoms with Gasteiger partial charge in [0.2, 0.25) is 5.91 Å². The van der Waals surface area contributed by atoms with Crippen molar-refractivity contribution in [2.45, 2.75) is 290 Å². The molecule has 0 radical (unpaired) electrons. The van der Waals surface area contributed by atoms with Crippen LogP contribution in [0.25, 0.3) is 0 Å². The number of allylic oxidation sites excluding steroid dienone is 7. The van der Waals surface area contributed by atoms with Gasteiger partial charge in [-0.1, -0.05) is 230 Å². The zero-order valence-electron chi connectivity index (χ0n) is 47.4. The Labute approximate surface area is 439 Å². The molecule has 3 atom stereocenters. The number of unbranched alkanes of at least 4 members (excludes halogenated alkanes) is 32. The van der Waals surface area contributed by atoms with Crippen LogP contribution in [-0.4, -0.2) is 69.4 Å². The average molecular weight is 1020 g/mol. The Kier molecular flexibility index (Phi) is 50.0. The summed E-state index contributed by atoms with van der Waals surface area (Å²) in [5.74, 6) is -0.549. The van der Waals surface area contributed by atoms with Crippen molar-refractivity contribution < 1.29 is 37.3 Å². The lowest BCUT2D eigenvalue weighted by molar-refractivity contribution is -0.870. The van der Waals surface area contributed by atoms with Gasteiger partial charge in [-0.15, -0.1) is 0 Å². The van der Waals surface area contributed by atoms with Crippen molar-refractivity contribution in [1.29, 1.82) is 0 Å². The van der Waals surface area contributed by atoms with E-state index in [0.717, 1.165) is 89.9 Å². The van der Waals surface area contributed by atoms with E-state index >= 15 is 0 Å². The number of carbonyl (C=O) groups excluding carboxylic acids is 2. The molecule has 0 heterocycles. The molecular formula is C61H115N2O7P. The maximum atomic E-state index is 13.4. The molecule has 0 aromatic carbocycles. The molecule has 0 aromatic rings. The van der Waals surface area contributed by atoms with Crippen molar-refractivity contribution in [1.82, 2.24) is 5.32 Å². The minimum Gasteiger partial charge on any atom is -0.756 e. The number of esters is 1. The summed E-state index contributed by atoms with van der Waals surface area (Å²) in [6.07, 6.45) is 62.2. The van der Waals surface area contributed by atoms with E-state index in [0.29, 0.717) is 17.4 Å². The van der Waals surface area contributed by atoms with E-state index in [1.165, 1.54) is 154 Å². The second-order valence-corrected chi connectivity index (χ2v) is 22.9. The molecule has 0 saturated heterocycles. The number of nitrogens with one attached hydrogen (secondary N) is 1. The van der Waals surface area contributed by atoms with Crippen LogP contribution in [0, 0.1) is 0 Å². The highest BCUT2D eigenvalue weighted by molar-refractivity contribution is 7.45. The summed E-state index contributed by atoms with van der Waals surface area (Å²) in [5, 5.41) is 3.01. The van der Waals surface area contributed by atoms with Crippen LogP contribution in [0.15, 0.2) is 48.6 Å². The van der Waals surface area contributed by atoms with E-state index in [1.807, 2.05) is 33.3 Å². The van der Waals surface area contributed by atoms with Gasteiger partial charge in [0.25, 0.3) is 7.82 Å². The highest BCUT2D eigenvalue weighted by Gasteiger charge is 2.27. The topological polar surface area (TPSA) is 114 Å². The van der Waals surface area contributed by atoms with Crippen molar-refractivity contribution in [3.05, 3.63) is 48.6 Å². The summed E-state index contributed by atoms with van der Waals surface area (Å²) >= 11 is 0. The third-order valence-corrected chi connectivity index (χ3v) is 14.2. The van der Waals surface area contributed by atoms with Crippen LogP contribution in [0.3, 0.4) is 0 Å². The highest BCUT2D eigenvalue weighted by atomic mass is 31.2. The zero-order valence-corrected chi connectivity index (χ0v) is 48.3. The second-order valence-electron chi connectivity index (χ2n) is 21.5. The molecule has 71 heavy (non-hydrogen) atoms. The number of ether oxygens (including phenoxy) is 1. The smallest absolute Gasteiger partial charge is 0.306 e. The van der Waals surface area contributed by atoms with Gasteiger partial charge in [0.15, 0.2) is 0 Å². The van der Waals surface area contributed by atoms with Gasteiger partial charge < -0.3 is 28.5 Å². The minimum absolute atomic E-state index is 0.0238. The molecule has 0 aliphatic heterocycles. The van der Waals surface area contributed by atoms with Gasteiger partial charge >= 0.3 is 5.97 Å². The molecule has 416 valence electrons. The van der Waals surface area contributed by atoms with E-state index in [1.54, 1.807) is 0 Å². The van der Waals surface area contributed by atoms with Crippen LogP contribution in [0.4, 0.5) is 0 Å². The molecular weight excluding hydrogens is 904 g/mol. The number of rotatable bonds is 54. The summed E-state index contributed by atoms with van der Waals surface area (Å²) in [4.78, 5) is 39.8. The first-order chi connectivity index (χ1) is 34.4. The first-order valence-corrected chi connectivity index (χ1v) is 31.4. The van der Waals surface area contributed by atoms with Crippen LogP contribution in [0.1, 0.15) is 278 Å². The predicted molar refractivity (Wildman–Crippen MR) is 302 cm³/mol. The largest absolute Gasteiger partial charge is 0.756 e. The molecule has 10 heteroatoms. The summed E-state index contributed by atoms with van der Waals surface area (Å²) in [6.45, 7) is 6.78. The molecule has 3 unspecified atom stereocenters. The summed E-state index contributed by atoms with van der Waals surface area (Å²) in [5.41, 5.74) is 0. The number of carbonyl (C=O) groups is 2. The SMILES string of the molecule is CCCC/C=C\CCCCCCCC(=O)NC(COP(=O)([O-])OCC[N+](C)(C)C)C(/C=C\CCCCCCCCCCCCC)OC(=O)CCCCCCCCCCCCC/C=C\C/C=C\CCCCC. The highest BCUT2D eigenvalue weighted by Crippen LogP contribution is 2.38. The minimum atomic E-state index is -4.69. The summed E-state index contributed by atoms with van der Waals surface area (Å²) < 4.78 is 30.2. The molecule has 0 saturated carbocycles. The first kappa shape index (κ1) is 69.0. The number of nitrogens with zero attached hydrogens (tertiary/aromatic N) is 1. The lowest BCUT2D eigenvalue weighted by Gasteiger charge is -2.30. The monoisotopic (exact) mass is 1020 g/mol. The third-order valence-electron chi connectivity index (χ3n) is 13.2. The van der Waals surface area contributed by atoms with Gasteiger partial charge in [-0.3, -0.25) is 14.2 Å². The van der Waals surface area contributed by atoms with E-state index in [9.17, 15) is 19.0 Å². The van der Waals surface area contributed by atoms with E-state index in [4.69, 9.17) is 13.8 Å². The fourth-order valence-electron chi connectivity index (χ4n) is 8.53. The molecule has 0 rings (SSSR count). The quantitative estimate of drug-likeness (QED) is 0.0212. The predicted octanol–water partition coefficient (Wildman–Crippen LogP) is 17.5. The van der Waals surface area contributed by atoms with Crippen LogP contribution in [-0.2, 0) is 27.9 Å². The molecule has 0 fully saturated rings. The van der Waals surface area contributed by atoms with Crippen LogP contribution < -0.4 is 10.2 Å². The second kappa shape index (κ2) is 51.5. The van der Waals surface area contributed by atoms with E-state index in [2.05, 4.69) is 62.5 Å². The van der Waals surface area contributed by atoms with Crippen molar-refractivity contribution in [3.8, 4) is 0 Å². The Hall–Kier alpha value is -2.03. The number of amides is 1. The van der Waals surface area contributed by atoms with Crippen molar-refractivity contribution in [2.75, 3.05) is 40.9 Å². The number of hydrogen-bond acceptors (Lipinski definition) is 7. The lowest BCUT2D eigenvalue weighted by Crippen LogP contribution is -2.47. The number of hydrogen-bond donors (Lipinski definition) is 1. The normalized spacial score (nSPS) is 14.1. The Balaban J connectivity index is 5.22. The first-order valence-electron chi connectivity index (χ1n) is 29.9. The molecule has 1 amide bonds. The maximum Gasteiger partial charge on any atom is 0.306 e. The van der Waals surface area contributed by atoms with Crippen molar-refractivity contribution in [2.24, 2.45) is 0 Å². The standard InChI is InChI=1S/C61H115N2O7P/c1-7-10-13-16-19-22-25-27-28-29-30-31-32-33-34-36-39-42-45-48-51-54-61(65)70-59(52-49-46-43-40-38-35-26-23-20-17-14-11-8-2)58(57-69-71(66,67)68-56-55-63(4,5)6)62-60(64)53-50-47-44-41-37-24-21-18-15-12-9-3/h18-19,21-22,27-28,49,52,58-59H,7-17,20,23-26,29-48,50-51,53-57H2,1-6H3,(H-,62,64,66,67)/b21-18-,22-19-,28-27-,52-49-. The molecule has 0 aliphatic rings. The fourth-order valence-corrected chi connectivity index (χ4v) is 9.26. The number of phosphoric acid groups is 1. The van der Waals surface area contributed by atoms with Crippen LogP contribution in [0.2, 0.25) is 0 Å². The number of phosphoric ester groups is 1. The van der Waals surface area contributed by atoms with Crippen molar-refractivity contribution >= 4 is 19.7 Å². The summed E-state index contributed by atoms with van der Waals surface area (Å²) in [7, 11) is 1.18. The van der Waals surface area contributed by atoms with Gasteiger partial charge in [0.05, 0.1) is 33.8 Å². The van der Waals surface area contributed by atoms with Gasteiger partial charge in [-0.2, -0.15) is 0 Å². The Morgan fingerprint density at radius 1 is 0.493 bits per heavy atom. The summed E-state index contributed by atoms with van der Waals surface area (Å²) in [6, 6.07) is -0.891. The van der Waals surface area contributed by atoms with E-state index in [-0.39, 0.29) is 24.9 Å². The Morgan fingerprint density at radius 3 is 1.35 bits per heavy atom. The zero-order chi connectivity index (χ0) is 52.2. The van der Waals surface area contributed by atoms with Crippen molar-refractivity contribution in [3.63, 3.8) is 0 Å². The fraction of sp³-hybridized carbons (Fsp3) is 0.836. The van der Waals surface area contributed by atoms with E-state index < -0.39 is 26.6 Å². The molecule has 1 N–H and O–H groups in total. The lowest BCUT2D eigenvalue weighted by atomic mass is 10.0. The Morgan fingerprint density at radius 2 is 0.873 bits per heavy atom. The molecule has 0 bridgehead atoms. The van der Waals surface area contributed by atoms with Gasteiger partial charge in [0, 0.05) is 12.8 Å². The molecule has 0 aliphatic carbocycles. The van der Waals surface area contributed by atoms with Crippen LogP contribution in [0.5, 0.6) is 0 Å². The van der Waals surface area contributed by atoms with Gasteiger partial charge in [-0.25, -0.2) is 0 Å². The average Bonchev–Trinajstić information content (AvgIpc) is 3.33. The molecule has 9 nitrogen and oxygen atoms in total. The molecule has 0 spiro atoms. The third kappa shape index (κ3) is 52.6. The van der Waals surface area contributed by atoms with Gasteiger partial charge in [0.1, 0.15) is 19.3 Å². The van der Waals surface area contributed by atoms with Gasteiger partial charge in [-0.05, 0) is 83.1 Å². The Bertz CT molecular complexity index is 1360.